The lowest BCUT2D eigenvalue weighted by Crippen LogP contribution is -2.07. The molecule has 0 radical (unpaired) electrons. The number of nitrogens with zero attached hydrogens (tertiary/aromatic N) is 2. The highest BCUT2D eigenvalue weighted by Gasteiger charge is 2.06. The standard InChI is InChI=1S/C15H20ClN3/c1-3-7-19-8-6-18-15(19)10-12-4-5-14(16)13(9-12)11-17-2/h4-6,8-9,17H,3,7,10-11H2,1-2H3. The molecule has 0 atom stereocenters. The van der Waals surface area contributed by atoms with E-state index in [4.69, 9.17) is 11.6 Å². The van der Waals surface area contributed by atoms with Crippen molar-refractivity contribution in [2.45, 2.75) is 32.9 Å². The Labute approximate surface area is 119 Å². The van der Waals surface area contributed by atoms with Gasteiger partial charge in [0.1, 0.15) is 5.82 Å². The van der Waals surface area contributed by atoms with Gasteiger partial charge in [-0.2, -0.15) is 0 Å². The van der Waals surface area contributed by atoms with Crippen LogP contribution in [-0.4, -0.2) is 16.6 Å². The fourth-order valence-corrected chi connectivity index (χ4v) is 2.38. The van der Waals surface area contributed by atoms with Crippen molar-refractivity contribution in [3.63, 3.8) is 0 Å². The summed E-state index contributed by atoms with van der Waals surface area (Å²) >= 11 is 6.18. The first kappa shape index (κ1) is 14.1. The summed E-state index contributed by atoms with van der Waals surface area (Å²) in [6.07, 6.45) is 5.88. The predicted molar refractivity (Wildman–Crippen MR) is 79.5 cm³/mol. The molecular formula is C15H20ClN3. The van der Waals surface area contributed by atoms with Gasteiger partial charge in [-0.25, -0.2) is 4.98 Å². The smallest absolute Gasteiger partial charge is 0.113 e. The average molecular weight is 278 g/mol. The van der Waals surface area contributed by atoms with Crippen molar-refractivity contribution in [3.05, 3.63) is 52.6 Å². The minimum absolute atomic E-state index is 0.788. The quantitative estimate of drug-likeness (QED) is 0.878. The number of rotatable bonds is 6. The largest absolute Gasteiger partial charge is 0.335 e. The van der Waals surface area contributed by atoms with Crippen LogP contribution in [0.5, 0.6) is 0 Å². The van der Waals surface area contributed by atoms with Gasteiger partial charge in [-0.15, -0.1) is 0 Å². The normalized spacial score (nSPS) is 10.9. The second kappa shape index (κ2) is 6.73. The van der Waals surface area contributed by atoms with Crippen molar-refractivity contribution >= 4 is 11.6 Å². The van der Waals surface area contributed by atoms with Gasteiger partial charge in [0.2, 0.25) is 0 Å². The van der Waals surface area contributed by atoms with Crippen LogP contribution in [0.4, 0.5) is 0 Å². The van der Waals surface area contributed by atoms with E-state index >= 15 is 0 Å². The monoisotopic (exact) mass is 277 g/mol. The van der Waals surface area contributed by atoms with Crippen molar-refractivity contribution in [2.75, 3.05) is 7.05 Å². The van der Waals surface area contributed by atoms with Gasteiger partial charge >= 0.3 is 0 Å². The van der Waals surface area contributed by atoms with Crippen LogP contribution < -0.4 is 5.32 Å². The van der Waals surface area contributed by atoms with E-state index in [9.17, 15) is 0 Å². The predicted octanol–water partition coefficient (Wildman–Crippen LogP) is 3.26. The van der Waals surface area contributed by atoms with E-state index in [2.05, 4.69) is 33.9 Å². The molecule has 1 aromatic carbocycles. The number of aromatic nitrogens is 2. The Morgan fingerprint density at radius 3 is 2.95 bits per heavy atom. The van der Waals surface area contributed by atoms with Crippen LogP contribution in [0.3, 0.4) is 0 Å². The first-order chi connectivity index (χ1) is 9.24. The lowest BCUT2D eigenvalue weighted by atomic mass is 10.1. The van der Waals surface area contributed by atoms with Crippen LogP contribution in [0, 0.1) is 0 Å². The molecular weight excluding hydrogens is 258 g/mol. The van der Waals surface area contributed by atoms with Crippen LogP contribution in [0.1, 0.15) is 30.3 Å². The summed E-state index contributed by atoms with van der Waals surface area (Å²) in [6.45, 7) is 3.99. The lowest BCUT2D eigenvalue weighted by molar-refractivity contribution is 0.646. The van der Waals surface area contributed by atoms with E-state index in [1.165, 1.54) is 5.56 Å². The molecule has 0 aliphatic heterocycles. The molecule has 1 aromatic heterocycles. The Kier molecular flexibility index (Phi) is 5.00. The van der Waals surface area contributed by atoms with E-state index in [1.54, 1.807) is 0 Å². The Bertz CT molecular complexity index is 534. The Hall–Kier alpha value is -1.32. The van der Waals surface area contributed by atoms with Crippen LogP contribution in [0.25, 0.3) is 0 Å². The molecule has 102 valence electrons. The number of aryl methyl sites for hydroxylation is 1. The molecule has 1 N–H and O–H groups in total. The second-order valence-corrected chi connectivity index (χ2v) is 5.08. The number of hydrogen-bond acceptors (Lipinski definition) is 2. The van der Waals surface area contributed by atoms with E-state index in [0.717, 1.165) is 42.3 Å². The highest BCUT2D eigenvalue weighted by Crippen LogP contribution is 2.19. The van der Waals surface area contributed by atoms with E-state index in [-0.39, 0.29) is 0 Å². The molecule has 4 heteroatoms. The topological polar surface area (TPSA) is 29.9 Å². The molecule has 0 aliphatic carbocycles. The summed E-state index contributed by atoms with van der Waals surface area (Å²) in [5, 5.41) is 3.95. The van der Waals surface area contributed by atoms with E-state index < -0.39 is 0 Å². The second-order valence-electron chi connectivity index (χ2n) is 4.67. The Morgan fingerprint density at radius 1 is 1.37 bits per heavy atom. The number of nitrogens with one attached hydrogen (secondary N) is 1. The maximum atomic E-state index is 6.18. The Morgan fingerprint density at radius 2 is 2.21 bits per heavy atom. The molecule has 0 aliphatic rings. The molecule has 3 nitrogen and oxygen atoms in total. The zero-order valence-electron chi connectivity index (χ0n) is 11.5. The van der Waals surface area contributed by atoms with E-state index in [1.807, 2.05) is 25.5 Å². The van der Waals surface area contributed by atoms with Gasteiger partial charge in [-0.05, 0) is 30.7 Å². The third kappa shape index (κ3) is 3.58. The van der Waals surface area contributed by atoms with Gasteiger partial charge < -0.3 is 9.88 Å². The highest BCUT2D eigenvalue weighted by molar-refractivity contribution is 6.31. The zero-order chi connectivity index (χ0) is 13.7. The molecule has 2 aromatic rings. The van der Waals surface area contributed by atoms with Crippen LogP contribution in [-0.2, 0) is 19.5 Å². The van der Waals surface area contributed by atoms with Crippen molar-refractivity contribution in [1.29, 1.82) is 0 Å². The molecule has 0 fully saturated rings. The number of imidazole rings is 1. The summed E-state index contributed by atoms with van der Waals surface area (Å²) in [6, 6.07) is 6.20. The van der Waals surface area contributed by atoms with Crippen molar-refractivity contribution in [3.8, 4) is 0 Å². The van der Waals surface area contributed by atoms with Crippen molar-refractivity contribution in [2.24, 2.45) is 0 Å². The minimum Gasteiger partial charge on any atom is -0.335 e. The molecule has 1 heterocycles. The third-order valence-corrected chi connectivity index (χ3v) is 3.47. The van der Waals surface area contributed by atoms with Crippen LogP contribution in [0.2, 0.25) is 5.02 Å². The van der Waals surface area contributed by atoms with E-state index in [0.29, 0.717) is 0 Å². The average Bonchev–Trinajstić information content (AvgIpc) is 2.82. The van der Waals surface area contributed by atoms with Gasteiger partial charge in [0.15, 0.2) is 0 Å². The molecule has 0 spiro atoms. The number of hydrogen-bond donors (Lipinski definition) is 1. The van der Waals surface area contributed by atoms with Crippen LogP contribution >= 0.6 is 11.6 Å². The molecule has 0 saturated carbocycles. The van der Waals surface area contributed by atoms with Gasteiger partial charge in [-0.3, -0.25) is 0 Å². The SMILES string of the molecule is CCCn1ccnc1Cc1ccc(Cl)c(CNC)c1. The molecule has 0 amide bonds. The fraction of sp³-hybridized carbons (Fsp3) is 0.400. The summed E-state index contributed by atoms with van der Waals surface area (Å²) in [4.78, 5) is 4.44. The molecule has 0 saturated heterocycles. The van der Waals surface area contributed by atoms with Crippen LogP contribution in [0.15, 0.2) is 30.6 Å². The number of halogens is 1. The summed E-state index contributed by atoms with van der Waals surface area (Å²) in [7, 11) is 1.93. The maximum absolute atomic E-state index is 6.18. The first-order valence-corrected chi connectivity index (χ1v) is 7.04. The molecule has 19 heavy (non-hydrogen) atoms. The molecule has 0 unspecified atom stereocenters. The maximum Gasteiger partial charge on any atom is 0.113 e. The number of benzene rings is 1. The summed E-state index contributed by atoms with van der Waals surface area (Å²) in [5.41, 5.74) is 2.38. The highest BCUT2D eigenvalue weighted by atomic mass is 35.5. The summed E-state index contributed by atoms with van der Waals surface area (Å²) in [5.74, 6) is 1.11. The van der Waals surface area contributed by atoms with Gasteiger partial charge in [0, 0.05) is 36.9 Å². The Balaban J connectivity index is 2.18. The first-order valence-electron chi connectivity index (χ1n) is 6.66. The van der Waals surface area contributed by atoms with Gasteiger partial charge in [-0.1, -0.05) is 30.7 Å². The van der Waals surface area contributed by atoms with Gasteiger partial charge in [0.25, 0.3) is 0 Å². The van der Waals surface area contributed by atoms with Crippen molar-refractivity contribution < 1.29 is 0 Å². The third-order valence-electron chi connectivity index (χ3n) is 3.11. The van der Waals surface area contributed by atoms with Gasteiger partial charge in [0.05, 0.1) is 0 Å². The molecule has 2 rings (SSSR count). The van der Waals surface area contributed by atoms with Crippen molar-refractivity contribution in [1.82, 2.24) is 14.9 Å². The molecule has 0 bridgehead atoms. The summed E-state index contributed by atoms with van der Waals surface area (Å²) < 4.78 is 2.21. The lowest BCUT2D eigenvalue weighted by Gasteiger charge is -2.09. The minimum atomic E-state index is 0.788. The zero-order valence-corrected chi connectivity index (χ0v) is 12.2. The fourth-order valence-electron chi connectivity index (χ4n) is 2.20.